The van der Waals surface area contributed by atoms with Gasteiger partial charge in [-0.2, -0.15) is 0 Å². The van der Waals surface area contributed by atoms with Gasteiger partial charge in [0.25, 0.3) is 0 Å². The van der Waals surface area contributed by atoms with Crippen LogP contribution in [0.1, 0.15) is 27.2 Å². The number of aliphatic hydroxyl groups excluding tert-OH is 1. The van der Waals surface area contributed by atoms with Gasteiger partial charge in [-0.25, -0.2) is 0 Å². The summed E-state index contributed by atoms with van der Waals surface area (Å²) in [4.78, 5) is 2.23. The molecule has 1 unspecified atom stereocenters. The van der Waals surface area contributed by atoms with Crippen molar-refractivity contribution in [2.45, 2.75) is 44.9 Å². The molecule has 2 atom stereocenters. The van der Waals surface area contributed by atoms with E-state index in [1.165, 1.54) is 0 Å². The summed E-state index contributed by atoms with van der Waals surface area (Å²) in [5.74, 6) is 0. The number of nitrogens with zero attached hydrogens (tertiary/aromatic N) is 1. The highest BCUT2D eigenvalue weighted by atomic mass is 16.3. The predicted molar refractivity (Wildman–Crippen MR) is 41.9 cm³/mol. The lowest BCUT2D eigenvalue weighted by Crippen LogP contribution is -2.40. The molecule has 0 aliphatic heterocycles. The van der Waals surface area contributed by atoms with Crippen LogP contribution in [0, 0.1) is 0 Å². The van der Waals surface area contributed by atoms with Crippen molar-refractivity contribution >= 4 is 0 Å². The van der Waals surface area contributed by atoms with Crippen LogP contribution >= 0.6 is 0 Å². The first-order chi connectivity index (χ1) is 4.43. The molecule has 0 amide bonds. The van der Waals surface area contributed by atoms with Gasteiger partial charge in [0.05, 0.1) is 6.10 Å². The number of hydrogen-bond donors (Lipinski definition) is 1. The molecule has 1 saturated carbocycles. The zero-order valence-corrected chi connectivity index (χ0v) is 7.26. The number of aliphatic hydroxyl groups is 1. The highest BCUT2D eigenvalue weighted by Crippen LogP contribution is 2.31. The van der Waals surface area contributed by atoms with Gasteiger partial charge in [-0.1, -0.05) is 0 Å². The third kappa shape index (κ3) is 1.50. The average molecular weight is 143 g/mol. The zero-order valence-electron chi connectivity index (χ0n) is 7.26. The quantitative estimate of drug-likeness (QED) is 0.588. The molecule has 1 fully saturated rings. The Kier molecular flexibility index (Phi) is 1.77. The molecule has 0 saturated heterocycles. The SMILES string of the molecule is CN(C1C[C@@H]1O)C(C)(C)C. The molecule has 60 valence electrons. The normalized spacial score (nSPS) is 33.0. The molecule has 1 aliphatic rings. The first kappa shape index (κ1) is 8.02. The van der Waals surface area contributed by atoms with Gasteiger partial charge < -0.3 is 5.11 Å². The van der Waals surface area contributed by atoms with Gasteiger partial charge in [0.2, 0.25) is 0 Å². The van der Waals surface area contributed by atoms with E-state index in [-0.39, 0.29) is 11.6 Å². The van der Waals surface area contributed by atoms with Crippen LogP contribution in [0.25, 0.3) is 0 Å². The summed E-state index contributed by atoms with van der Waals surface area (Å²) in [5, 5.41) is 9.12. The van der Waals surface area contributed by atoms with E-state index in [4.69, 9.17) is 5.11 Å². The van der Waals surface area contributed by atoms with Crippen molar-refractivity contribution in [2.75, 3.05) is 7.05 Å². The Balaban J connectivity index is 2.42. The van der Waals surface area contributed by atoms with Crippen LogP contribution in [0.2, 0.25) is 0 Å². The first-order valence-electron chi connectivity index (χ1n) is 3.84. The van der Waals surface area contributed by atoms with Crippen LogP contribution in [0.15, 0.2) is 0 Å². The molecule has 0 heterocycles. The van der Waals surface area contributed by atoms with Crippen molar-refractivity contribution in [3.05, 3.63) is 0 Å². The smallest absolute Gasteiger partial charge is 0.0712 e. The lowest BCUT2D eigenvalue weighted by molar-refractivity contribution is 0.131. The molecule has 2 nitrogen and oxygen atoms in total. The molecule has 0 spiro atoms. The second kappa shape index (κ2) is 2.21. The van der Waals surface area contributed by atoms with Crippen molar-refractivity contribution in [1.82, 2.24) is 4.90 Å². The summed E-state index contributed by atoms with van der Waals surface area (Å²) in [6.45, 7) is 6.49. The Morgan fingerprint density at radius 3 is 1.90 bits per heavy atom. The first-order valence-corrected chi connectivity index (χ1v) is 3.84. The van der Waals surface area contributed by atoms with Gasteiger partial charge in [0.1, 0.15) is 0 Å². The van der Waals surface area contributed by atoms with Gasteiger partial charge in [0.15, 0.2) is 0 Å². The molecule has 0 aromatic carbocycles. The molecular weight excluding hydrogens is 126 g/mol. The Morgan fingerprint density at radius 2 is 1.80 bits per heavy atom. The van der Waals surface area contributed by atoms with Crippen LogP contribution in [-0.2, 0) is 0 Å². The number of likely N-dealkylation sites (N-methyl/N-ethyl adjacent to an activating group) is 1. The van der Waals surface area contributed by atoms with Crippen LogP contribution < -0.4 is 0 Å². The Bertz CT molecular complexity index is 128. The summed E-state index contributed by atoms with van der Waals surface area (Å²) in [6, 6.07) is 0.417. The average Bonchev–Trinajstić information content (AvgIpc) is 2.42. The molecule has 10 heavy (non-hydrogen) atoms. The molecule has 0 bridgehead atoms. The third-order valence-electron chi connectivity index (χ3n) is 2.28. The van der Waals surface area contributed by atoms with E-state index in [1.54, 1.807) is 0 Å². The maximum absolute atomic E-state index is 9.12. The minimum absolute atomic E-state index is 0.0655. The monoisotopic (exact) mass is 143 g/mol. The van der Waals surface area contributed by atoms with Gasteiger partial charge in [0, 0.05) is 11.6 Å². The summed E-state index contributed by atoms with van der Waals surface area (Å²) < 4.78 is 0. The van der Waals surface area contributed by atoms with E-state index >= 15 is 0 Å². The van der Waals surface area contributed by atoms with Gasteiger partial charge in [-0.3, -0.25) is 4.90 Å². The lowest BCUT2D eigenvalue weighted by Gasteiger charge is -2.31. The highest BCUT2D eigenvalue weighted by Gasteiger charge is 2.42. The molecule has 0 aromatic heterocycles. The molecule has 0 aromatic rings. The topological polar surface area (TPSA) is 23.5 Å². The molecule has 1 rings (SSSR count). The van der Waals surface area contributed by atoms with Gasteiger partial charge in [-0.15, -0.1) is 0 Å². The van der Waals surface area contributed by atoms with Crippen molar-refractivity contribution in [3.8, 4) is 0 Å². The molecule has 2 heteroatoms. The van der Waals surface area contributed by atoms with Crippen LogP contribution in [0.4, 0.5) is 0 Å². The number of rotatable bonds is 1. The lowest BCUT2D eigenvalue weighted by atomic mass is 10.1. The Labute approximate surface area is 62.8 Å². The fourth-order valence-corrected chi connectivity index (χ4v) is 1.08. The van der Waals surface area contributed by atoms with E-state index in [9.17, 15) is 0 Å². The van der Waals surface area contributed by atoms with Crippen molar-refractivity contribution in [1.29, 1.82) is 0 Å². The Morgan fingerprint density at radius 1 is 1.40 bits per heavy atom. The minimum Gasteiger partial charge on any atom is -0.391 e. The van der Waals surface area contributed by atoms with Crippen LogP contribution in [-0.4, -0.2) is 34.7 Å². The largest absolute Gasteiger partial charge is 0.391 e. The van der Waals surface area contributed by atoms with Gasteiger partial charge in [-0.05, 0) is 34.2 Å². The maximum atomic E-state index is 9.12. The van der Waals surface area contributed by atoms with Crippen molar-refractivity contribution in [2.24, 2.45) is 0 Å². The molecule has 0 radical (unpaired) electrons. The fourth-order valence-electron chi connectivity index (χ4n) is 1.08. The summed E-state index contributed by atoms with van der Waals surface area (Å²) in [6.07, 6.45) is 0.887. The molecule has 1 N–H and O–H groups in total. The van der Waals surface area contributed by atoms with E-state index < -0.39 is 0 Å². The van der Waals surface area contributed by atoms with E-state index in [2.05, 4.69) is 32.7 Å². The van der Waals surface area contributed by atoms with E-state index in [1.807, 2.05) is 0 Å². The van der Waals surface area contributed by atoms with E-state index in [0.29, 0.717) is 6.04 Å². The number of hydrogen-bond acceptors (Lipinski definition) is 2. The summed E-state index contributed by atoms with van der Waals surface area (Å²) in [7, 11) is 2.07. The minimum atomic E-state index is -0.0655. The fraction of sp³-hybridized carbons (Fsp3) is 1.00. The predicted octanol–water partition coefficient (Wildman–Crippen LogP) is 0.850. The third-order valence-corrected chi connectivity index (χ3v) is 2.28. The Hall–Kier alpha value is -0.0800. The molecular formula is C8H17NO. The zero-order chi connectivity index (χ0) is 7.94. The van der Waals surface area contributed by atoms with Crippen molar-refractivity contribution in [3.63, 3.8) is 0 Å². The van der Waals surface area contributed by atoms with Crippen molar-refractivity contribution < 1.29 is 5.11 Å². The summed E-state index contributed by atoms with van der Waals surface area (Å²) >= 11 is 0. The standard InChI is InChI=1S/C8H17NO/c1-8(2,3)9(4)6-5-7(6)10/h6-7,10H,5H2,1-4H3/t6?,7-/m0/s1. The molecule has 1 aliphatic carbocycles. The summed E-state index contributed by atoms with van der Waals surface area (Å²) in [5.41, 5.74) is 0.197. The van der Waals surface area contributed by atoms with Crippen LogP contribution in [0.3, 0.4) is 0 Å². The second-order valence-electron chi connectivity index (χ2n) is 4.15. The highest BCUT2D eigenvalue weighted by molar-refractivity contribution is 4.97. The van der Waals surface area contributed by atoms with Gasteiger partial charge >= 0.3 is 0 Å². The second-order valence-corrected chi connectivity index (χ2v) is 4.15. The van der Waals surface area contributed by atoms with Crippen LogP contribution in [0.5, 0.6) is 0 Å². The maximum Gasteiger partial charge on any atom is 0.0712 e. The van der Waals surface area contributed by atoms with E-state index in [0.717, 1.165) is 6.42 Å².